The maximum absolute atomic E-state index is 12.5. The lowest BCUT2D eigenvalue weighted by atomic mass is 10.0. The Morgan fingerprint density at radius 1 is 1.18 bits per heavy atom. The Balaban J connectivity index is 1.98. The average Bonchev–Trinajstić information content (AvgIpc) is 2.93. The van der Waals surface area contributed by atoms with E-state index in [-0.39, 0.29) is 5.78 Å². The van der Waals surface area contributed by atoms with Crippen molar-refractivity contribution in [2.24, 2.45) is 0 Å². The first-order chi connectivity index (χ1) is 10.7. The summed E-state index contributed by atoms with van der Waals surface area (Å²) in [5, 5.41) is 10.1. The predicted octanol–water partition coefficient (Wildman–Crippen LogP) is 3.96. The monoisotopic (exact) mass is 288 g/mol. The Bertz CT molecular complexity index is 870. The van der Waals surface area contributed by atoms with E-state index < -0.39 is 0 Å². The topological polar surface area (TPSA) is 45.8 Å². The average molecular weight is 288 g/mol. The molecule has 0 aliphatic rings. The number of Topliss-reactive ketones (excluding diaryl/α,β-unsaturated/α-hetero) is 1. The smallest absolute Gasteiger partial charge is 0.167 e. The van der Waals surface area contributed by atoms with Crippen molar-refractivity contribution in [3.8, 4) is 6.07 Å². The Labute approximate surface area is 129 Å². The summed E-state index contributed by atoms with van der Waals surface area (Å²) in [7, 11) is 0. The van der Waals surface area contributed by atoms with Crippen LogP contribution in [0.15, 0.2) is 54.7 Å². The SMILES string of the molecule is CCn1cc(C#N)c2ccc(C(=O)Cc3ccccc3)cc21. The van der Waals surface area contributed by atoms with Gasteiger partial charge >= 0.3 is 0 Å². The Hall–Kier alpha value is -2.86. The standard InChI is InChI=1S/C19H16N2O/c1-2-21-13-16(12-20)17-9-8-15(11-18(17)21)19(22)10-14-6-4-3-5-7-14/h3-9,11,13H,2,10H2,1H3. The number of nitrogens with zero attached hydrogens (tertiary/aromatic N) is 2. The summed E-state index contributed by atoms with van der Waals surface area (Å²) >= 11 is 0. The molecule has 0 unspecified atom stereocenters. The number of nitriles is 1. The van der Waals surface area contributed by atoms with Gasteiger partial charge in [-0.15, -0.1) is 0 Å². The maximum atomic E-state index is 12.5. The molecule has 0 spiro atoms. The van der Waals surface area contributed by atoms with Crippen molar-refractivity contribution in [1.29, 1.82) is 5.26 Å². The molecule has 22 heavy (non-hydrogen) atoms. The fourth-order valence-electron chi connectivity index (χ4n) is 2.70. The fraction of sp³-hybridized carbons (Fsp3) is 0.158. The summed E-state index contributed by atoms with van der Waals surface area (Å²) < 4.78 is 2.01. The van der Waals surface area contributed by atoms with Crippen LogP contribution in [0.25, 0.3) is 10.9 Å². The molecule has 0 bridgehead atoms. The molecule has 0 aliphatic carbocycles. The van der Waals surface area contributed by atoms with Crippen molar-refractivity contribution < 1.29 is 4.79 Å². The number of carbonyl (C=O) groups is 1. The van der Waals surface area contributed by atoms with Gasteiger partial charge in [0.15, 0.2) is 5.78 Å². The molecule has 2 aromatic carbocycles. The molecule has 0 aliphatic heterocycles. The molecule has 3 rings (SSSR count). The van der Waals surface area contributed by atoms with Gasteiger partial charge in [0.05, 0.1) is 11.1 Å². The van der Waals surface area contributed by atoms with Gasteiger partial charge in [0.2, 0.25) is 0 Å². The van der Waals surface area contributed by atoms with Crippen LogP contribution in [0.1, 0.15) is 28.4 Å². The van der Waals surface area contributed by atoms with Gasteiger partial charge in [0.1, 0.15) is 6.07 Å². The van der Waals surface area contributed by atoms with E-state index in [0.29, 0.717) is 17.5 Å². The third-order valence-corrected chi connectivity index (χ3v) is 3.87. The summed E-state index contributed by atoms with van der Waals surface area (Å²) in [6, 6.07) is 17.5. The summed E-state index contributed by atoms with van der Waals surface area (Å²) in [5.41, 5.74) is 3.29. The second kappa shape index (κ2) is 5.87. The lowest BCUT2D eigenvalue weighted by Gasteiger charge is -2.04. The van der Waals surface area contributed by atoms with Gasteiger partial charge in [-0.2, -0.15) is 5.26 Å². The van der Waals surface area contributed by atoms with Gasteiger partial charge in [0, 0.05) is 30.1 Å². The van der Waals surface area contributed by atoms with Crippen LogP contribution in [0, 0.1) is 11.3 Å². The third kappa shape index (κ3) is 2.51. The lowest BCUT2D eigenvalue weighted by Crippen LogP contribution is -2.03. The molecule has 0 atom stereocenters. The number of aryl methyl sites for hydroxylation is 1. The van der Waals surface area contributed by atoms with E-state index >= 15 is 0 Å². The largest absolute Gasteiger partial charge is 0.346 e. The molecule has 0 N–H and O–H groups in total. The van der Waals surface area contributed by atoms with Crippen molar-refractivity contribution in [2.45, 2.75) is 19.9 Å². The molecule has 0 radical (unpaired) electrons. The molecule has 3 heteroatoms. The zero-order chi connectivity index (χ0) is 15.5. The summed E-state index contributed by atoms with van der Waals surface area (Å²) in [5.74, 6) is 0.0930. The van der Waals surface area contributed by atoms with Crippen molar-refractivity contribution in [3.05, 3.63) is 71.4 Å². The molecule has 0 amide bonds. The summed E-state index contributed by atoms with van der Waals surface area (Å²) in [6.07, 6.45) is 2.24. The van der Waals surface area contributed by atoms with E-state index in [1.54, 1.807) is 0 Å². The van der Waals surface area contributed by atoms with Gasteiger partial charge in [0.25, 0.3) is 0 Å². The number of fused-ring (bicyclic) bond motifs is 1. The Kier molecular flexibility index (Phi) is 3.76. The van der Waals surface area contributed by atoms with Gasteiger partial charge in [-0.25, -0.2) is 0 Å². The van der Waals surface area contributed by atoms with Crippen LogP contribution in [0.3, 0.4) is 0 Å². The molecular formula is C19H16N2O. The van der Waals surface area contributed by atoms with Gasteiger partial charge < -0.3 is 4.57 Å². The van der Waals surface area contributed by atoms with Crippen LogP contribution in [0.4, 0.5) is 0 Å². The molecule has 0 saturated heterocycles. The zero-order valence-corrected chi connectivity index (χ0v) is 12.4. The van der Waals surface area contributed by atoms with Gasteiger partial charge in [-0.1, -0.05) is 42.5 Å². The van der Waals surface area contributed by atoms with E-state index in [0.717, 1.165) is 23.0 Å². The second-order valence-electron chi connectivity index (χ2n) is 5.26. The number of ketones is 1. The van der Waals surface area contributed by atoms with Crippen LogP contribution < -0.4 is 0 Å². The molecule has 108 valence electrons. The van der Waals surface area contributed by atoms with E-state index in [4.69, 9.17) is 0 Å². The highest BCUT2D eigenvalue weighted by molar-refractivity contribution is 6.01. The van der Waals surface area contributed by atoms with E-state index in [9.17, 15) is 10.1 Å². The minimum atomic E-state index is 0.0930. The summed E-state index contributed by atoms with van der Waals surface area (Å²) in [4.78, 5) is 12.5. The van der Waals surface area contributed by atoms with Crippen LogP contribution in [0.5, 0.6) is 0 Å². The molecule has 0 fully saturated rings. The zero-order valence-electron chi connectivity index (χ0n) is 12.4. The molecule has 1 aromatic heterocycles. The maximum Gasteiger partial charge on any atom is 0.167 e. The van der Waals surface area contributed by atoms with Crippen LogP contribution in [0.2, 0.25) is 0 Å². The minimum absolute atomic E-state index is 0.0930. The molecule has 1 heterocycles. The molecule has 3 aromatic rings. The quantitative estimate of drug-likeness (QED) is 0.682. The highest BCUT2D eigenvalue weighted by Gasteiger charge is 2.12. The van der Waals surface area contributed by atoms with E-state index in [2.05, 4.69) is 6.07 Å². The molecular weight excluding hydrogens is 272 g/mol. The highest BCUT2D eigenvalue weighted by atomic mass is 16.1. The van der Waals surface area contributed by atoms with Crippen molar-refractivity contribution in [2.75, 3.05) is 0 Å². The number of hydrogen-bond acceptors (Lipinski definition) is 2. The lowest BCUT2D eigenvalue weighted by molar-refractivity contribution is 0.0993. The van der Waals surface area contributed by atoms with Crippen molar-refractivity contribution >= 4 is 16.7 Å². The van der Waals surface area contributed by atoms with Gasteiger partial charge in [-0.05, 0) is 18.6 Å². The number of carbonyl (C=O) groups excluding carboxylic acids is 1. The first-order valence-electron chi connectivity index (χ1n) is 7.33. The minimum Gasteiger partial charge on any atom is -0.346 e. The number of rotatable bonds is 4. The fourth-order valence-corrected chi connectivity index (χ4v) is 2.70. The normalized spacial score (nSPS) is 10.5. The van der Waals surface area contributed by atoms with Crippen molar-refractivity contribution in [1.82, 2.24) is 4.57 Å². The first-order valence-corrected chi connectivity index (χ1v) is 7.33. The van der Waals surface area contributed by atoms with Crippen molar-refractivity contribution in [3.63, 3.8) is 0 Å². The molecule has 0 saturated carbocycles. The number of aromatic nitrogens is 1. The van der Waals surface area contributed by atoms with Crippen LogP contribution in [-0.4, -0.2) is 10.4 Å². The summed E-state index contributed by atoms with van der Waals surface area (Å²) in [6.45, 7) is 2.80. The number of hydrogen-bond donors (Lipinski definition) is 0. The van der Waals surface area contributed by atoms with Crippen LogP contribution in [-0.2, 0) is 13.0 Å². The first kappa shape index (κ1) is 14.1. The Morgan fingerprint density at radius 3 is 2.64 bits per heavy atom. The molecule has 3 nitrogen and oxygen atoms in total. The van der Waals surface area contributed by atoms with E-state index in [1.165, 1.54) is 0 Å². The predicted molar refractivity (Wildman–Crippen MR) is 86.8 cm³/mol. The second-order valence-corrected chi connectivity index (χ2v) is 5.26. The highest BCUT2D eigenvalue weighted by Crippen LogP contribution is 2.23. The van der Waals surface area contributed by atoms with Gasteiger partial charge in [-0.3, -0.25) is 4.79 Å². The Morgan fingerprint density at radius 2 is 1.95 bits per heavy atom. The van der Waals surface area contributed by atoms with E-state index in [1.807, 2.05) is 66.2 Å². The van der Waals surface area contributed by atoms with Crippen LogP contribution >= 0.6 is 0 Å². The third-order valence-electron chi connectivity index (χ3n) is 3.87. The number of benzene rings is 2.